The Morgan fingerprint density at radius 2 is 2.05 bits per heavy atom. The molecule has 0 N–H and O–H groups in total. The van der Waals surface area contributed by atoms with E-state index in [2.05, 4.69) is 47.1 Å². The van der Waals surface area contributed by atoms with Gasteiger partial charge in [-0.05, 0) is 48.1 Å². The van der Waals surface area contributed by atoms with Crippen LogP contribution in [0.15, 0.2) is 36.5 Å². The average Bonchev–Trinajstić information content (AvgIpc) is 2.69. The first-order valence-electron chi connectivity index (χ1n) is 7.11. The lowest BCUT2D eigenvalue weighted by Gasteiger charge is -2.24. The van der Waals surface area contributed by atoms with Crippen LogP contribution in [0.25, 0.3) is 0 Å². The average molecular weight is 287 g/mol. The zero-order valence-electron chi connectivity index (χ0n) is 11.8. The van der Waals surface area contributed by atoms with Crippen molar-refractivity contribution in [2.45, 2.75) is 32.2 Å². The first-order chi connectivity index (χ1) is 9.78. The fourth-order valence-corrected chi connectivity index (χ4v) is 3.06. The number of pyridine rings is 1. The molecule has 1 aromatic heterocycles. The van der Waals surface area contributed by atoms with Crippen molar-refractivity contribution in [3.05, 3.63) is 58.8 Å². The first-order valence-corrected chi connectivity index (χ1v) is 7.64. The Balaban J connectivity index is 1.91. The number of aryl methyl sites for hydroxylation is 2. The Hall–Kier alpha value is -1.54. The molecule has 20 heavy (non-hydrogen) atoms. The molecule has 0 bridgehead atoms. The van der Waals surface area contributed by atoms with Crippen molar-refractivity contribution in [2.75, 3.05) is 11.4 Å². The highest BCUT2D eigenvalue weighted by atomic mass is 35.5. The molecule has 1 aromatic carbocycles. The van der Waals surface area contributed by atoms with Gasteiger partial charge in [-0.2, -0.15) is 0 Å². The highest BCUT2D eigenvalue weighted by Gasteiger charge is 2.16. The molecule has 0 unspecified atom stereocenters. The van der Waals surface area contributed by atoms with E-state index >= 15 is 0 Å². The molecular weight excluding hydrogens is 268 g/mol. The van der Waals surface area contributed by atoms with Crippen LogP contribution in [0.2, 0.25) is 0 Å². The summed E-state index contributed by atoms with van der Waals surface area (Å²) in [5.41, 5.74) is 5.20. The minimum atomic E-state index is 0.525. The Morgan fingerprint density at radius 3 is 2.80 bits per heavy atom. The number of anilines is 1. The summed E-state index contributed by atoms with van der Waals surface area (Å²) in [5.74, 6) is 1.62. The van der Waals surface area contributed by atoms with Crippen molar-refractivity contribution in [3.63, 3.8) is 0 Å². The third kappa shape index (κ3) is 2.66. The van der Waals surface area contributed by atoms with Crippen LogP contribution in [0, 0.1) is 6.92 Å². The van der Waals surface area contributed by atoms with Gasteiger partial charge in [0.25, 0.3) is 0 Å². The molecule has 0 aliphatic carbocycles. The summed E-state index contributed by atoms with van der Waals surface area (Å²) in [6, 6.07) is 10.9. The van der Waals surface area contributed by atoms with Crippen molar-refractivity contribution in [1.29, 1.82) is 0 Å². The molecule has 0 amide bonds. The van der Waals surface area contributed by atoms with E-state index in [1.54, 1.807) is 0 Å². The molecule has 3 rings (SSSR count). The molecule has 1 aliphatic heterocycles. The summed E-state index contributed by atoms with van der Waals surface area (Å²) in [4.78, 5) is 7.02. The number of halogens is 1. The minimum Gasteiger partial charge on any atom is -0.352 e. The molecule has 0 atom stereocenters. The molecule has 0 spiro atoms. The second kappa shape index (κ2) is 5.84. The molecular formula is C17H19ClN2. The molecule has 104 valence electrons. The maximum atomic E-state index is 5.88. The van der Waals surface area contributed by atoms with Crippen molar-refractivity contribution in [2.24, 2.45) is 0 Å². The van der Waals surface area contributed by atoms with E-state index in [-0.39, 0.29) is 0 Å². The number of nitrogens with zero attached hydrogens (tertiary/aromatic N) is 2. The van der Waals surface area contributed by atoms with Crippen molar-refractivity contribution >= 4 is 17.4 Å². The molecule has 2 heterocycles. The number of fused-ring (bicyclic) bond motifs is 1. The van der Waals surface area contributed by atoms with Crippen LogP contribution in [0.5, 0.6) is 0 Å². The normalized spacial score (nSPS) is 14.8. The van der Waals surface area contributed by atoms with Gasteiger partial charge in [-0.3, -0.25) is 0 Å². The Kier molecular flexibility index (Phi) is 3.93. The van der Waals surface area contributed by atoms with E-state index in [0.29, 0.717) is 5.88 Å². The van der Waals surface area contributed by atoms with Gasteiger partial charge in [0.05, 0.1) is 0 Å². The van der Waals surface area contributed by atoms with Crippen LogP contribution in [-0.4, -0.2) is 11.5 Å². The fourth-order valence-electron chi connectivity index (χ4n) is 2.91. The maximum absolute atomic E-state index is 5.88. The van der Waals surface area contributed by atoms with E-state index in [4.69, 9.17) is 11.6 Å². The summed E-state index contributed by atoms with van der Waals surface area (Å²) in [5, 5.41) is 0. The summed E-state index contributed by atoms with van der Waals surface area (Å²) in [7, 11) is 0. The summed E-state index contributed by atoms with van der Waals surface area (Å²) in [6.45, 7) is 4.13. The van der Waals surface area contributed by atoms with Crippen molar-refractivity contribution in [1.82, 2.24) is 4.98 Å². The van der Waals surface area contributed by atoms with Crippen LogP contribution >= 0.6 is 11.6 Å². The molecule has 0 fully saturated rings. The molecule has 2 aromatic rings. The van der Waals surface area contributed by atoms with Crippen molar-refractivity contribution in [3.8, 4) is 0 Å². The van der Waals surface area contributed by atoms with Crippen LogP contribution in [0.1, 0.15) is 28.7 Å². The lowest BCUT2D eigenvalue weighted by Crippen LogP contribution is -2.24. The predicted octanol–water partition coefficient (Wildman–Crippen LogP) is 4.08. The molecule has 2 nitrogen and oxygen atoms in total. The Labute approximate surface area is 125 Å². The zero-order chi connectivity index (χ0) is 13.9. The number of rotatable bonds is 2. The topological polar surface area (TPSA) is 16.1 Å². The van der Waals surface area contributed by atoms with Crippen LogP contribution in [0.3, 0.4) is 0 Å². The second-order valence-corrected chi connectivity index (χ2v) is 5.68. The molecule has 0 saturated heterocycles. The van der Waals surface area contributed by atoms with E-state index in [9.17, 15) is 0 Å². The SMILES string of the molecule is Cc1cc(CCl)cnc1N1CCCc2ccccc2C1. The summed E-state index contributed by atoms with van der Waals surface area (Å²) >= 11 is 5.88. The number of aromatic nitrogens is 1. The smallest absolute Gasteiger partial charge is 0.131 e. The van der Waals surface area contributed by atoms with Gasteiger partial charge in [-0.25, -0.2) is 4.98 Å². The number of benzene rings is 1. The van der Waals surface area contributed by atoms with E-state index < -0.39 is 0 Å². The van der Waals surface area contributed by atoms with Crippen LogP contribution in [-0.2, 0) is 18.8 Å². The van der Waals surface area contributed by atoms with Gasteiger partial charge in [0, 0.05) is 25.2 Å². The standard InChI is InChI=1S/C17H19ClN2/c1-13-9-14(10-18)11-19-17(13)20-8-4-7-15-5-2-3-6-16(15)12-20/h2-3,5-6,9,11H,4,7-8,10,12H2,1H3. The fraction of sp³-hybridized carbons (Fsp3) is 0.353. The van der Waals surface area contributed by atoms with Gasteiger partial charge in [-0.15, -0.1) is 11.6 Å². The summed E-state index contributed by atoms with van der Waals surface area (Å²) in [6.07, 6.45) is 4.23. The van der Waals surface area contributed by atoms with Gasteiger partial charge in [-0.1, -0.05) is 24.3 Å². The van der Waals surface area contributed by atoms with E-state index in [1.165, 1.54) is 23.1 Å². The van der Waals surface area contributed by atoms with E-state index in [1.807, 2.05) is 6.20 Å². The first kappa shape index (κ1) is 13.4. The molecule has 0 radical (unpaired) electrons. The zero-order valence-corrected chi connectivity index (χ0v) is 12.5. The van der Waals surface area contributed by atoms with Gasteiger partial charge in [0.1, 0.15) is 5.82 Å². The van der Waals surface area contributed by atoms with Gasteiger partial charge >= 0.3 is 0 Å². The lowest BCUT2D eigenvalue weighted by molar-refractivity contribution is 0.751. The number of alkyl halides is 1. The number of hydrogen-bond acceptors (Lipinski definition) is 2. The molecule has 3 heteroatoms. The van der Waals surface area contributed by atoms with Gasteiger partial charge < -0.3 is 4.90 Å². The largest absolute Gasteiger partial charge is 0.352 e. The maximum Gasteiger partial charge on any atom is 0.131 e. The van der Waals surface area contributed by atoms with Gasteiger partial charge in [0.15, 0.2) is 0 Å². The number of hydrogen-bond donors (Lipinski definition) is 0. The highest BCUT2D eigenvalue weighted by molar-refractivity contribution is 6.17. The Bertz CT molecular complexity index is 610. The second-order valence-electron chi connectivity index (χ2n) is 5.41. The quantitative estimate of drug-likeness (QED) is 0.773. The van der Waals surface area contributed by atoms with Crippen LogP contribution < -0.4 is 4.90 Å². The lowest BCUT2D eigenvalue weighted by atomic mass is 10.0. The third-order valence-corrected chi connectivity index (χ3v) is 4.22. The monoisotopic (exact) mass is 286 g/mol. The Morgan fingerprint density at radius 1 is 1.25 bits per heavy atom. The molecule has 0 saturated carbocycles. The van der Waals surface area contributed by atoms with E-state index in [0.717, 1.165) is 30.9 Å². The van der Waals surface area contributed by atoms with Crippen LogP contribution in [0.4, 0.5) is 5.82 Å². The highest BCUT2D eigenvalue weighted by Crippen LogP contribution is 2.25. The summed E-state index contributed by atoms with van der Waals surface area (Å²) < 4.78 is 0. The van der Waals surface area contributed by atoms with Crippen molar-refractivity contribution < 1.29 is 0 Å². The minimum absolute atomic E-state index is 0.525. The third-order valence-electron chi connectivity index (χ3n) is 3.91. The predicted molar refractivity (Wildman–Crippen MR) is 84.3 cm³/mol. The van der Waals surface area contributed by atoms with Gasteiger partial charge in [0.2, 0.25) is 0 Å². The molecule has 1 aliphatic rings.